The molecule has 1 aromatic heterocycles. The Morgan fingerprint density at radius 3 is 2.36 bits per heavy atom. The predicted octanol–water partition coefficient (Wildman–Crippen LogP) is 2.69. The molecule has 5 nitrogen and oxygen atoms in total. The smallest absolute Gasteiger partial charge is 0.251 e. The molecule has 0 fully saturated rings. The Morgan fingerprint density at radius 2 is 1.82 bits per heavy atom. The zero-order valence-corrected chi connectivity index (χ0v) is 13.5. The second-order valence-corrected chi connectivity index (χ2v) is 5.85. The number of amides is 1. The van der Waals surface area contributed by atoms with E-state index < -0.39 is 0 Å². The van der Waals surface area contributed by atoms with Gasteiger partial charge in [0.1, 0.15) is 0 Å². The summed E-state index contributed by atoms with van der Waals surface area (Å²) in [6.45, 7) is 6.89. The van der Waals surface area contributed by atoms with E-state index in [4.69, 9.17) is 0 Å². The lowest BCUT2D eigenvalue weighted by molar-refractivity contribution is 0.0918. The van der Waals surface area contributed by atoms with Crippen LogP contribution in [0.15, 0.2) is 36.7 Å². The monoisotopic (exact) mass is 300 g/mol. The Bertz CT molecular complexity index is 575. The van der Waals surface area contributed by atoms with E-state index in [1.54, 1.807) is 17.2 Å². The second kappa shape index (κ2) is 7.73. The fourth-order valence-electron chi connectivity index (χ4n) is 2.30. The van der Waals surface area contributed by atoms with Crippen molar-refractivity contribution in [1.29, 1.82) is 0 Å². The van der Waals surface area contributed by atoms with Crippen molar-refractivity contribution in [2.45, 2.75) is 46.2 Å². The van der Waals surface area contributed by atoms with Gasteiger partial charge in [0.25, 0.3) is 5.91 Å². The fourth-order valence-corrected chi connectivity index (χ4v) is 2.30. The van der Waals surface area contributed by atoms with Crippen LogP contribution >= 0.6 is 0 Å². The van der Waals surface area contributed by atoms with E-state index in [1.165, 1.54) is 5.56 Å². The molecule has 22 heavy (non-hydrogen) atoms. The number of aryl methyl sites for hydroxylation is 1. The molecule has 0 saturated carbocycles. The molecule has 0 bridgehead atoms. The molecule has 0 spiro atoms. The topological polar surface area (TPSA) is 59.8 Å². The molecule has 0 aliphatic heterocycles. The number of nitrogens with zero attached hydrogens (tertiary/aromatic N) is 3. The summed E-state index contributed by atoms with van der Waals surface area (Å²) in [5.74, 6) is 0.253. The number of hydrogen-bond donors (Lipinski definition) is 1. The molecule has 1 unspecified atom stereocenters. The van der Waals surface area contributed by atoms with Crippen LogP contribution in [-0.2, 0) is 13.0 Å². The molecule has 0 saturated heterocycles. The number of carbonyl (C=O) groups is 1. The van der Waals surface area contributed by atoms with E-state index in [0.717, 1.165) is 12.8 Å². The van der Waals surface area contributed by atoms with Gasteiger partial charge >= 0.3 is 0 Å². The molecule has 2 aromatic rings. The molecule has 118 valence electrons. The summed E-state index contributed by atoms with van der Waals surface area (Å²) in [6.07, 6.45) is 5.44. The average molecular weight is 300 g/mol. The molecule has 1 aromatic carbocycles. The molecular formula is C17H24N4O. The van der Waals surface area contributed by atoms with E-state index in [1.807, 2.05) is 24.3 Å². The van der Waals surface area contributed by atoms with Crippen LogP contribution in [0.25, 0.3) is 0 Å². The van der Waals surface area contributed by atoms with Gasteiger partial charge in [0.05, 0.1) is 25.0 Å². The van der Waals surface area contributed by atoms with Crippen LogP contribution in [0.1, 0.15) is 43.1 Å². The van der Waals surface area contributed by atoms with E-state index in [-0.39, 0.29) is 11.9 Å². The largest absolute Gasteiger partial charge is 0.347 e. The number of carbonyl (C=O) groups excluding carboxylic acids is 1. The summed E-state index contributed by atoms with van der Waals surface area (Å²) in [5.41, 5.74) is 1.96. The quantitative estimate of drug-likeness (QED) is 0.855. The first-order valence-corrected chi connectivity index (χ1v) is 7.84. The Morgan fingerprint density at radius 1 is 1.18 bits per heavy atom. The van der Waals surface area contributed by atoms with Crippen molar-refractivity contribution in [3.63, 3.8) is 0 Å². The summed E-state index contributed by atoms with van der Waals surface area (Å²) in [7, 11) is 0. The first kappa shape index (κ1) is 16.2. The first-order chi connectivity index (χ1) is 10.6. The Balaban J connectivity index is 2.01. The summed E-state index contributed by atoms with van der Waals surface area (Å²) in [4.78, 5) is 14.0. The molecule has 5 heteroatoms. The third-order valence-corrected chi connectivity index (χ3v) is 3.70. The van der Waals surface area contributed by atoms with Crippen LogP contribution in [0, 0.1) is 5.92 Å². The van der Waals surface area contributed by atoms with Gasteiger partial charge in [-0.05, 0) is 30.0 Å². The Kier molecular flexibility index (Phi) is 5.69. The fraction of sp³-hybridized carbons (Fsp3) is 0.471. The number of nitrogens with one attached hydrogen (secondary N) is 1. The lowest BCUT2D eigenvalue weighted by atomic mass is 10.0. The molecule has 1 N–H and O–H groups in total. The Hall–Kier alpha value is -2.17. The minimum atomic E-state index is -0.0473. The van der Waals surface area contributed by atoms with E-state index in [9.17, 15) is 4.79 Å². The van der Waals surface area contributed by atoms with Gasteiger partial charge in [0, 0.05) is 5.56 Å². The molecule has 0 aliphatic rings. The standard InChI is InChI=1S/C17H24N4O/c1-4-5-14-6-8-15(9-7-14)17(22)20-16(13(2)3)12-21-18-10-11-19-21/h6-11,13,16H,4-5,12H2,1-3H3,(H,20,22). The molecule has 0 aliphatic carbocycles. The summed E-state index contributed by atoms with van der Waals surface area (Å²) in [5, 5.41) is 11.3. The molecule has 2 rings (SSSR count). The predicted molar refractivity (Wildman–Crippen MR) is 86.6 cm³/mol. The summed E-state index contributed by atoms with van der Waals surface area (Å²) in [6, 6.07) is 7.83. The van der Waals surface area contributed by atoms with Crippen LogP contribution in [0.5, 0.6) is 0 Å². The van der Waals surface area contributed by atoms with Gasteiger partial charge in [-0.1, -0.05) is 39.3 Å². The maximum Gasteiger partial charge on any atom is 0.251 e. The third-order valence-electron chi connectivity index (χ3n) is 3.70. The normalized spacial score (nSPS) is 12.4. The van der Waals surface area contributed by atoms with Crippen molar-refractivity contribution in [2.24, 2.45) is 5.92 Å². The van der Waals surface area contributed by atoms with E-state index in [2.05, 4.69) is 36.3 Å². The van der Waals surface area contributed by atoms with Gasteiger partial charge in [0.15, 0.2) is 0 Å². The van der Waals surface area contributed by atoms with E-state index >= 15 is 0 Å². The lowest BCUT2D eigenvalue weighted by Crippen LogP contribution is -2.42. The summed E-state index contributed by atoms with van der Waals surface area (Å²) >= 11 is 0. The molecule has 0 radical (unpaired) electrons. The van der Waals surface area contributed by atoms with Gasteiger partial charge < -0.3 is 5.32 Å². The highest BCUT2D eigenvalue weighted by Crippen LogP contribution is 2.09. The van der Waals surface area contributed by atoms with Crippen LogP contribution < -0.4 is 5.32 Å². The number of rotatable bonds is 7. The highest BCUT2D eigenvalue weighted by Gasteiger charge is 2.18. The van der Waals surface area contributed by atoms with Crippen molar-refractivity contribution >= 4 is 5.91 Å². The number of aromatic nitrogens is 3. The van der Waals surface area contributed by atoms with Gasteiger partial charge in [-0.2, -0.15) is 15.0 Å². The maximum absolute atomic E-state index is 12.4. The SMILES string of the molecule is CCCc1ccc(C(=O)NC(Cn2nccn2)C(C)C)cc1. The van der Waals surface area contributed by atoms with Crippen molar-refractivity contribution in [3.8, 4) is 0 Å². The average Bonchev–Trinajstić information content (AvgIpc) is 3.00. The minimum Gasteiger partial charge on any atom is -0.347 e. The van der Waals surface area contributed by atoms with Gasteiger partial charge in [0.2, 0.25) is 0 Å². The molecule has 1 atom stereocenters. The molecule has 1 amide bonds. The second-order valence-electron chi connectivity index (χ2n) is 5.85. The Labute approximate surface area is 131 Å². The maximum atomic E-state index is 12.4. The number of hydrogen-bond acceptors (Lipinski definition) is 3. The van der Waals surface area contributed by atoms with Crippen molar-refractivity contribution in [2.75, 3.05) is 0 Å². The third kappa shape index (κ3) is 4.41. The van der Waals surface area contributed by atoms with Gasteiger partial charge in [-0.25, -0.2) is 0 Å². The minimum absolute atomic E-state index is 0.00443. The number of benzene rings is 1. The van der Waals surface area contributed by atoms with Crippen LogP contribution in [0.2, 0.25) is 0 Å². The molecular weight excluding hydrogens is 276 g/mol. The van der Waals surface area contributed by atoms with Crippen LogP contribution in [-0.4, -0.2) is 26.9 Å². The lowest BCUT2D eigenvalue weighted by Gasteiger charge is -2.22. The summed E-state index contributed by atoms with van der Waals surface area (Å²) < 4.78 is 0. The first-order valence-electron chi connectivity index (χ1n) is 7.84. The van der Waals surface area contributed by atoms with Crippen molar-refractivity contribution in [3.05, 3.63) is 47.8 Å². The van der Waals surface area contributed by atoms with Crippen molar-refractivity contribution in [1.82, 2.24) is 20.3 Å². The van der Waals surface area contributed by atoms with E-state index in [0.29, 0.717) is 18.0 Å². The van der Waals surface area contributed by atoms with Gasteiger partial charge in [-0.15, -0.1) is 0 Å². The highest BCUT2D eigenvalue weighted by molar-refractivity contribution is 5.94. The zero-order chi connectivity index (χ0) is 15.9. The van der Waals surface area contributed by atoms with Crippen LogP contribution in [0.4, 0.5) is 0 Å². The van der Waals surface area contributed by atoms with Crippen LogP contribution in [0.3, 0.4) is 0 Å². The molecule has 1 heterocycles. The van der Waals surface area contributed by atoms with Gasteiger partial charge in [-0.3, -0.25) is 4.79 Å². The highest BCUT2D eigenvalue weighted by atomic mass is 16.1. The van der Waals surface area contributed by atoms with Crippen molar-refractivity contribution < 1.29 is 4.79 Å². The zero-order valence-electron chi connectivity index (χ0n) is 13.5.